The van der Waals surface area contributed by atoms with Crippen molar-refractivity contribution < 1.29 is 23.4 Å². The lowest BCUT2D eigenvalue weighted by atomic mass is 9.91. The van der Waals surface area contributed by atoms with Crippen molar-refractivity contribution in [2.24, 2.45) is 5.92 Å². The van der Waals surface area contributed by atoms with Crippen molar-refractivity contribution in [2.45, 2.75) is 51.0 Å². The summed E-state index contributed by atoms with van der Waals surface area (Å²) in [5, 5.41) is 8.73. The Morgan fingerprint density at radius 1 is 1.08 bits per heavy atom. The van der Waals surface area contributed by atoms with Gasteiger partial charge in [-0.15, -0.1) is 5.10 Å². The number of piperidine rings is 1. The number of ether oxygens (including phenoxy) is 3. The number of carbonyl (C=O) groups is 1. The van der Waals surface area contributed by atoms with Crippen LogP contribution < -0.4 is 14.4 Å². The van der Waals surface area contributed by atoms with E-state index in [-0.39, 0.29) is 24.2 Å². The number of esters is 1. The number of carbonyl (C=O) groups excluding carboxylic acids is 1. The van der Waals surface area contributed by atoms with Crippen molar-refractivity contribution >= 4 is 11.8 Å². The van der Waals surface area contributed by atoms with Crippen molar-refractivity contribution in [1.29, 1.82) is 0 Å². The summed E-state index contributed by atoms with van der Waals surface area (Å²) >= 11 is 0. The Balaban J connectivity index is 1.41. The molecule has 1 aromatic heterocycles. The van der Waals surface area contributed by atoms with E-state index in [0.717, 1.165) is 56.6 Å². The van der Waals surface area contributed by atoms with Crippen LogP contribution in [-0.4, -0.2) is 48.3 Å². The lowest BCUT2D eigenvalue weighted by molar-refractivity contribution is -0.141. The van der Waals surface area contributed by atoms with Crippen LogP contribution in [0.25, 0.3) is 5.69 Å². The van der Waals surface area contributed by atoms with Crippen LogP contribution in [0.2, 0.25) is 0 Å². The maximum atomic E-state index is 14.9. The SMILES string of the molecule is COC(=O)C[C@H](c1cccc(OCc2nnn(-c3cc(OC)ccc3F)c2N2CCCCC2)c1)C1CC1. The van der Waals surface area contributed by atoms with Crippen molar-refractivity contribution in [3.8, 4) is 17.2 Å². The number of anilines is 1. The molecule has 37 heavy (non-hydrogen) atoms. The number of methoxy groups -OCH3 is 2. The van der Waals surface area contributed by atoms with Gasteiger partial charge >= 0.3 is 5.97 Å². The Bertz CT molecular complexity index is 1240. The van der Waals surface area contributed by atoms with Gasteiger partial charge in [0.2, 0.25) is 0 Å². The molecule has 9 heteroatoms. The predicted octanol–water partition coefficient (Wildman–Crippen LogP) is 5.04. The Morgan fingerprint density at radius 3 is 2.62 bits per heavy atom. The van der Waals surface area contributed by atoms with Gasteiger partial charge in [-0.1, -0.05) is 17.3 Å². The number of hydrogen-bond acceptors (Lipinski definition) is 7. The first-order valence-corrected chi connectivity index (χ1v) is 12.9. The Labute approximate surface area is 216 Å². The maximum absolute atomic E-state index is 14.9. The summed E-state index contributed by atoms with van der Waals surface area (Å²) in [6.07, 6.45) is 5.88. The Morgan fingerprint density at radius 2 is 1.89 bits per heavy atom. The standard InChI is InChI=1S/C28H33FN4O4/c1-35-21-11-12-24(29)26(16-21)33-28(32-13-4-3-5-14-32)25(30-31-33)18-37-22-8-6-7-20(15-22)23(19-9-10-19)17-27(34)36-2/h6-8,11-12,15-16,19,23H,3-5,9-10,13-14,17-18H2,1-2H3/t23-/m0/s1. The van der Waals surface area contributed by atoms with Crippen molar-refractivity contribution in [3.63, 3.8) is 0 Å². The van der Waals surface area contributed by atoms with E-state index >= 15 is 0 Å². The summed E-state index contributed by atoms with van der Waals surface area (Å²) < 4.78 is 32.9. The molecule has 1 saturated carbocycles. The highest BCUT2D eigenvalue weighted by atomic mass is 19.1. The van der Waals surface area contributed by atoms with E-state index < -0.39 is 5.82 Å². The van der Waals surface area contributed by atoms with Crippen molar-refractivity contribution in [1.82, 2.24) is 15.0 Å². The number of nitrogens with zero attached hydrogens (tertiary/aromatic N) is 4. The number of halogens is 1. The van der Waals surface area contributed by atoms with Crippen LogP contribution in [0.3, 0.4) is 0 Å². The third-order valence-electron chi connectivity index (χ3n) is 7.22. The topological polar surface area (TPSA) is 78.7 Å². The summed E-state index contributed by atoms with van der Waals surface area (Å²) in [5.41, 5.74) is 2.00. The van der Waals surface area contributed by atoms with Gasteiger partial charge in [-0.2, -0.15) is 4.68 Å². The van der Waals surface area contributed by atoms with Crippen LogP contribution in [0.4, 0.5) is 10.2 Å². The first-order valence-electron chi connectivity index (χ1n) is 12.9. The third kappa shape index (κ3) is 5.70. The van der Waals surface area contributed by atoms with Gasteiger partial charge in [0.05, 0.1) is 20.6 Å². The molecule has 1 aliphatic heterocycles. The smallest absolute Gasteiger partial charge is 0.306 e. The summed E-state index contributed by atoms with van der Waals surface area (Å²) in [6, 6.07) is 12.5. The quantitative estimate of drug-likeness (QED) is 0.355. The van der Waals surface area contributed by atoms with E-state index in [1.807, 2.05) is 24.3 Å². The second-order valence-electron chi connectivity index (χ2n) is 9.72. The maximum Gasteiger partial charge on any atom is 0.306 e. The normalized spacial score (nSPS) is 16.4. The van der Waals surface area contributed by atoms with Crippen LogP contribution in [0, 0.1) is 11.7 Å². The molecule has 0 amide bonds. The molecule has 0 radical (unpaired) electrons. The molecule has 2 heterocycles. The minimum atomic E-state index is -0.402. The van der Waals surface area contributed by atoms with Gasteiger partial charge in [0.1, 0.15) is 35.3 Å². The van der Waals surface area contributed by atoms with Gasteiger partial charge in [0.15, 0.2) is 5.82 Å². The van der Waals surface area contributed by atoms with Crippen LogP contribution in [-0.2, 0) is 16.1 Å². The van der Waals surface area contributed by atoms with Crippen molar-refractivity contribution in [2.75, 3.05) is 32.2 Å². The fraction of sp³-hybridized carbons (Fsp3) is 0.464. The van der Waals surface area contributed by atoms with E-state index in [1.165, 1.54) is 13.2 Å². The average Bonchev–Trinajstić information content (AvgIpc) is 3.70. The highest BCUT2D eigenvalue weighted by Crippen LogP contribution is 2.45. The lowest BCUT2D eigenvalue weighted by Crippen LogP contribution is -2.32. The zero-order valence-electron chi connectivity index (χ0n) is 21.4. The lowest BCUT2D eigenvalue weighted by Gasteiger charge is -2.29. The van der Waals surface area contributed by atoms with Gasteiger partial charge in [0.25, 0.3) is 0 Å². The van der Waals surface area contributed by atoms with Crippen LogP contribution >= 0.6 is 0 Å². The molecule has 8 nitrogen and oxygen atoms in total. The molecule has 3 aromatic rings. The molecule has 2 fully saturated rings. The molecule has 1 atom stereocenters. The minimum absolute atomic E-state index is 0.122. The fourth-order valence-corrected chi connectivity index (χ4v) is 5.07. The molecule has 0 unspecified atom stereocenters. The summed E-state index contributed by atoms with van der Waals surface area (Å²) in [5.74, 6) is 2.00. The average molecular weight is 509 g/mol. The van der Waals surface area contributed by atoms with E-state index in [4.69, 9.17) is 14.2 Å². The number of hydrogen-bond donors (Lipinski definition) is 0. The van der Waals surface area contributed by atoms with Gasteiger partial charge in [-0.3, -0.25) is 4.79 Å². The molecule has 2 aliphatic rings. The monoisotopic (exact) mass is 508 g/mol. The van der Waals surface area contributed by atoms with Gasteiger partial charge in [-0.25, -0.2) is 4.39 Å². The molecule has 196 valence electrons. The molecule has 2 aromatic carbocycles. The molecule has 1 saturated heterocycles. The summed E-state index contributed by atoms with van der Waals surface area (Å²) in [4.78, 5) is 14.2. The van der Waals surface area contributed by atoms with Crippen LogP contribution in [0.15, 0.2) is 42.5 Å². The largest absolute Gasteiger partial charge is 0.497 e. The molecule has 0 spiro atoms. The van der Waals surface area contributed by atoms with E-state index in [1.54, 1.807) is 23.9 Å². The number of aromatic nitrogens is 3. The van der Waals surface area contributed by atoms with E-state index in [2.05, 4.69) is 15.2 Å². The number of rotatable bonds is 10. The molecule has 1 aliphatic carbocycles. The van der Waals surface area contributed by atoms with Crippen molar-refractivity contribution in [3.05, 3.63) is 59.5 Å². The highest BCUT2D eigenvalue weighted by Gasteiger charge is 2.34. The summed E-state index contributed by atoms with van der Waals surface area (Å²) in [6.45, 7) is 1.88. The van der Waals surface area contributed by atoms with Gasteiger partial charge < -0.3 is 19.1 Å². The van der Waals surface area contributed by atoms with Gasteiger partial charge in [0, 0.05) is 19.2 Å². The van der Waals surface area contributed by atoms with Gasteiger partial charge in [-0.05, 0) is 73.8 Å². The Kier molecular flexibility index (Phi) is 7.58. The fourth-order valence-electron chi connectivity index (χ4n) is 5.07. The Hall–Kier alpha value is -3.62. The second kappa shape index (κ2) is 11.2. The van der Waals surface area contributed by atoms with E-state index in [9.17, 15) is 9.18 Å². The zero-order chi connectivity index (χ0) is 25.8. The third-order valence-corrected chi connectivity index (χ3v) is 7.22. The molecule has 0 N–H and O–H groups in total. The molecular weight excluding hydrogens is 475 g/mol. The molecular formula is C28H33FN4O4. The molecule has 5 rings (SSSR count). The highest BCUT2D eigenvalue weighted by molar-refractivity contribution is 5.70. The van der Waals surface area contributed by atoms with E-state index in [0.29, 0.717) is 29.5 Å². The first-order chi connectivity index (χ1) is 18.1. The second-order valence-corrected chi connectivity index (χ2v) is 9.72. The minimum Gasteiger partial charge on any atom is -0.497 e. The predicted molar refractivity (Wildman–Crippen MR) is 137 cm³/mol. The summed E-state index contributed by atoms with van der Waals surface area (Å²) in [7, 11) is 2.98. The zero-order valence-corrected chi connectivity index (χ0v) is 21.4. The number of benzene rings is 2. The molecule has 0 bridgehead atoms. The first kappa shape index (κ1) is 25.0. The van der Waals surface area contributed by atoms with Crippen LogP contribution in [0.5, 0.6) is 11.5 Å². The van der Waals surface area contributed by atoms with Crippen LogP contribution in [0.1, 0.15) is 55.7 Å².